The predicted molar refractivity (Wildman–Crippen MR) is 170 cm³/mol. The number of aryl methyl sites for hydroxylation is 1. The van der Waals surface area contributed by atoms with Gasteiger partial charge in [0.15, 0.2) is 0 Å². The van der Waals surface area contributed by atoms with Gasteiger partial charge in [0.05, 0.1) is 38.2 Å². The van der Waals surface area contributed by atoms with Crippen LogP contribution < -0.4 is 10.6 Å². The van der Waals surface area contributed by atoms with Gasteiger partial charge in [0.25, 0.3) is 0 Å². The van der Waals surface area contributed by atoms with Crippen molar-refractivity contribution in [1.29, 1.82) is 0 Å². The third kappa shape index (κ3) is 8.26. The van der Waals surface area contributed by atoms with Crippen LogP contribution in [0.25, 0.3) is 6.08 Å². The van der Waals surface area contributed by atoms with Crippen LogP contribution in [-0.4, -0.2) is 93.1 Å². The van der Waals surface area contributed by atoms with Gasteiger partial charge in [-0.15, -0.1) is 0 Å². The number of hydrogen-bond acceptors (Lipinski definition) is 8. The summed E-state index contributed by atoms with van der Waals surface area (Å²) in [4.78, 5) is 69.9. The maximum atomic E-state index is 13.4. The SMILES string of the molecule is COC(=O)N[C@H](C(=O)N1CCC[C@H]1c1ncc(/C=C/CCc2cnc([C@@H]3CCCN3C(=O)[C@@H](NC(=O)OC)C(C)C)[nH]2)[nH]1)C(C)C. The molecule has 0 radical (unpaired) electrons. The number of rotatable bonds is 12. The van der Waals surface area contributed by atoms with Gasteiger partial charge in [-0.3, -0.25) is 9.59 Å². The maximum Gasteiger partial charge on any atom is 0.407 e. The van der Waals surface area contributed by atoms with Crippen molar-refractivity contribution < 1.29 is 28.7 Å². The fourth-order valence-corrected chi connectivity index (χ4v) is 6.11. The molecule has 4 amide bonds. The standard InChI is InChI=1S/C32H48N8O6/c1-19(2)25(37-31(43)45-5)29(41)39-15-9-13-23(39)27-33-17-21(35-27)11-7-8-12-22-18-34-28(36-22)24-14-10-16-40(24)30(42)26(20(3)4)38-32(44)46-6/h7,11,17-20,23-26H,8-10,12-16H2,1-6H3,(H,33,35)(H,34,36)(H,37,43)(H,38,44)/b11-7+/t23-,24-,25-,26-/m0/s1. The molecule has 0 unspecified atom stereocenters. The van der Waals surface area contributed by atoms with E-state index in [0.29, 0.717) is 13.1 Å². The number of aromatic nitrogens is 4. The number of nitrogens with one attached hydrogen (secondary N) is 4. The van der Waals surface area contributed by atoms with Crippen molar-refractivity contribution in [3.63, 3.8) is 0 Å². The van der Waals surface area contributed by atoms with Gasteiger partial charge >= 0.3 is 12.2 Å². The molecule has 4 N–H and O–H groups in total. The van der Waals surface area contributed by atoms with E-state index in [9.17, 15) is 19.2 Å². The van der Waals surface area contributed by atoms with Crippen molar-refractivity contribution in [1.82, 2.24) is 40.4 Å². The molecule has 14 nitrogen and oxygen atoms in total. The fraction of sp³-hybridized carbons (Fsp3) is 0.625. The number of methoxy groups -OCH3 is 2. The van der Waals surface area contributed by atoms with Crippen LogP contribution in [0.3, 0.4) is 0 Å². The topological polar surface area (TPSA) is 175 Å². The average molecular weight is 641 g/mol. The Morgan fingerprint density at radius 2 is 1.35 bits per heavy atom. The molecule has 0 saturated carbocycles. The fourth-order valence-electron chi connectivity index (χ4n) is 6.11. The number of allylic oxidation sites excluding steroid dienone is 1. The molecule has 2 aliphatic rings. The Balaban J connectivity index is 1.32. The number of imidazole rings is 2. The number of alkyl carbamates (subject to hydrolysis) is 2. The summed E-state index contributed by atoms with van der Waals surface area (Å²) >= 11 is 0. The molecule has 46 heavy (non-hydrogen) atoms. The van der Waals surface area contributed by atoms with Gasteiger partial charge in [-0.1, -0.05) is 33.8 Å². The van der Waals surface area contributed by atoms with Crippen LogP contribution >= 0.6 is 0 Å². The molecular weight excluding hydrogens is 592 g/mol. The molecule has 0 spiro atoms. The molecule has 0 aliphatic carbocycles. The number of carbonyl (C=O) groups excluding carboxylic acids is 4. The first kappa shape index (κ1) is 34.5. The summed E-state index contributed by atoms with van der Waals surface area (Å²) in [5.74, 6) is 1.01. The Kier molecular flexibility index (Phi) is 11.8. The molecule has 2 aromatic rings. The second-order valence-electron chi connectivity index (χ2n) is 12.6. The quantitative estimate of drug-likeness (QED) is 0.270. The normalized spacial score (nSPS) is 19.6. The lowest BCUT2D eigenvalue weighted by atomic mass is 10.0. The van der Waals surface area contributed by atoms with Crippen molar-refractivity contribution in [3.8, 4) is 0 Å². The van der Waals surface area contributed by atoms with Gasteiger partial charge in [-0.05, 0) is 56.4 Å². The lowest BCUT2D eigenvalue weighted by molar-refractivity contribution is -0.136. The van der Waals surface area contributed by atoms with Crippen LogP contribution in [0.15, 0.2) is 18.5 Å². The smallest absolute Gasteiger partial charge is 0.407 e. The van der Waals surface area contributed by atoms with Crippen molar-refractivity contribution in [2.24, 2.45) is 11.8 Å². The summed E-state index contributed by atoms with van der Waals surface area (Å²) in [5.41, 5.74) is 1.81. The molecule has 2 saturated heterocycles. The van der Waals surface area contributed by atoms with E-state index in [1.807, 2.05) is 40.0 Å². The van der Waals surface area contributed by atoms with Crippen LogP contribution in [0.5, 0.6) is 0 Å². The third-order valence-corrected chi connectivity index (χ3v) is 8.63. The largest absolute Gasteiger partial charge is 0.453 e. The summed E-state index contributed by atoms with van der Waals surface area (Å²) in [6.07, 6.45) is 11.2. The molecule has 4 atom stereocenters. The minimum absolute atomic E-state index is 0.0927. The van der Waals surface area contributed by atoms with Gasteiger partial charge in [0.1, 0.15) is 23.7 Å². The van der Waals surface area contributed by atoms with E-state index in [4.69, 9.17) is 9.47 Å². The highest BCUT2D eigenvalue weighted by Gasteiger charge is 2.38. The van der Waals surface area contributed by atoms with E-state index in [-0.39, 0.29) is 35.7 Å². The zero-order chi connectivity index (χ0) is 33.4. The number of hydrogen-bond donors (Lipinski definition) is 4. The Labute approximate surface area is 270 Å². The highest BCUT2D eigenvalue weighted by atomic mass is 16.5. The molecule has 14 heteroatoms. The maximum absolute atomic E-state index is 13.4. The summed E-state index contributed by atoms with van der Waals surface area (Å²) in [6, 6.07) is -1.71. The van der Waals surface area contributed by atoms with Crippen LogP contribution in [0.1, 0.15) is 94.9 Å². The Morgan fingerprint density at radius 1 is 0.848 bits per heavy atom. The lowest BCUT2D eigenvalue weighted by Crippen LogP contribution is -2.51. The second kappa shape index (κ2) is 15.8. The number of nitrogens with zero attached hydrogens (tertiary/aromatic N) is 4. The molecule has 4 heterocycles. The highest BCUT2D eigenvalue weighted by Crippen LogP contribution is 2.33. The number of likely N-dealkylation sites (tertiary alicyclic amines) is 2. The Morgan fingerprint density at radius 3 is 1.85 bits per heavy atom. The first-order chi connectivity index (χ1) is 22.0. The molecule has 2 fully saturated rings. The van der Waals surface area contributed by atoms with E-state index < -0.39 is 24.3 Å². The first-order valence-electron chi connectivity index (χ1n) is 16.1. The molecule has 4 rings (SSSR count). The first-order valence-corrected chi connectivity index (χ1v) is 16.1. The zero-order valence-corrected chi connectivity index (χ0v) is 27.7. The van der Waals surface area contributed by atoms with E-state index >= 15 is 0 Å². The van der Waals surface area contributed by atoms with Gasteiger partial charge in [-0.2, -0.15) is 0 Å². The molecule has 0 bridgehead atoms. The summed E-state index contributed by atoms with van der Waals surface area (Å²) in [7, 11) is 2.57. The summed E-state index contributed by atoms with van der Waals surface area (Å²) < 4.78 is 9.44. The van der Waals surface area contributed by atoms with Gasteiger partial charge in [-0.25, -0.2) is 19.6 Å². The average Bonchev–Trinajstić information content (AvgIpc) is 3.86. The summed E-state index contributed by atoms with van der Waals surface area (Å²) in [5, 5.41) is 5.35. The monoisotopic (exact) mass is 640 g/mol. The van der Waals surface area contributed by atoms with Crippen molar-refractivity contribution in [2.45, 2.75) is 90.4 Å². The third-order valence-electron chi connectivity index (χ3n) is 8.63. The van der Waals surface area contributed by atoms with Crippen LogP contribution in [0.2, 0.25) is 0 Å². The predicted octanol–water partition coefficient (Wildman–Crippen LogP) is 3.87. The molecule has 252 valence electrons. The van der Waals surface area contributed by atoms with Crippen molar-refractivity contribution >= 4 is 30.1 Å². The zero-order valence-electron chi connectivity index (χ0n) is 27.7. The second-order valence-corrected chi connectivity index (χ2v) is 12.6. The van der Waals surface area contributed by atoms with E-state index in [0.717, 1.165) is 61.6 Å². The number of carbonyl (C=O) groups is 4. The minimum Gasteiger partial charge on any atom is -0.453 e. The number of H-pyrrole nitrogens is 2. The van der Waals surface area contributed by atoms with Gasteiger partial charge < -0.3 is 39.9 Å². The number of aromatic amines is 2. The molecule has 2 aromatic heterocycles. The summed E-state index contributed by atoms with van der Waals surface area (Å²) in [6.45, 7) is 8.78. The van der Waals surface area contributed by atoms with Gasteiger partial charge in [0, 0.05) is 25.0 Å². The van der Waals surface area contributed by atoms with Crippen LogP contribution in [-0.2, 0) is 25.5 Å². The van der Waals surface area contributed by atoms with Crippen molar-refractivity contribution in [2.75, 3.05) is 27.3 Å². The Hall–Kier alpha value is -4.36. The van der Waals surface area contributed by atoms with Crippen LogP contribution in [0.4, 0.5) is 9.59 Å². The lowest BCUT2D eigenvalue weighted by Gasteiger charge is -2.30. The Bertz CT molecular complexity index is 1380. The molecular formula is C32H48N8O6. The van der Waals surface area contributed by atoms with E-state index in [1.165, 1.54) is 14.2 Å². The van der Waals surface area contributed by atoms with Crippen molar-refractivity contribution in [3.05, 3.63) is 41.5 Å². The van der Waals surface area contributed by atoms with E-state index in [2.05, 4.69) is 36.6 Å². The van der Waals surface area contributed by atoms with E-state index in [1.54, 1.807) is 16.0 Å². The molecule has 2 aliphatic heterocycles. The number of ether oxygens (including phenoxy) is 2. The van der Waals surface area contributed by atoms with Crippen LogP contribution in [0, 0.1) is 11.8 Å². The number of amides is 4. The molecule has 0 aromatic carbocycles. The van der Waals surface area contributed by atoms with Gasteiger partial charge in [0.2, 0.25) is 11.8 Å². The minimum atomic E-state index is -0.678. The highest BCUT2D eigenvalue weighted by molar-refractivity contribution is 5.87.